The fourth-order valence-corrected chi connectivity index (χ4v) is 5.22. The van der Waals surface area contributed by atoms with Gasteiger partial charge in [-0.3, -0.25) is 9.59 Å². The molecule has 0 unspecified atom stereocenters. The van der Waals surface area contributed by atoms with E-state index in [1.165, 1.54) is 12.1 Å². The molecular weight excluding hydrogens is 500 g/mol. The first kappa shape index (κ1) is 24.0. The molecule has 0 radical (unpaired) electrons. The Morgan fingerprint density at radius 2 is 1.76 bits per heavy atom. The number of pyridine rings is 1. The van der Waals surface area contributed by atoms with E-state index in [0.717, 1.165) is 5.56 Å². The van der Waals surface area contributed by atoms with Crippen LogP contribution in [0.15, 0.2) is 60.7 Å². The van der Waals surface area contributed by atoms with E-state index < -0.39 is 29.5 Å². The zero-order valence-corrected chi connectivity index (χ0v) is 20.2. The maximum absolute atomic E-state index is 13.5. The number of carboxylic acid groups (broad SMARTS) is 1. The highest BCUT2D eigenvalue weighted by Crippen LogP contribution is 2.50. The molecule has 0 aliphatic carbocycles. The summed E-state index contributed by atoms with van der Waals surface area (Å²) in [6.45, 7) is 2.36. The minimum atomic E-state index is -3.78. The van der Waals surface area contributed by atoms with Crippen molar-refractivity contribution >= 4 is 23.5 Å². The molecule has 38 heavy (non-hydrogen) atoms. The highest BCUT2D eigenvalue weighted by Gasteiger charge is 2.49. The Bertz CT molecular complexity index is 1440. The molecule has 3 aromatic rings. The molecule has 6 rings (SSSR count). The van der Waals surface area contributed by atoms with Crippen LogP contribution in [-0.4, -0.2) is 48.0 Å². The number of carbonyl (C=O) groups excluding carboxylic acids is 1. The number of aliphatic carboxylic acids is 1. The average molecular weight is 523 g/mol. The predicted molar refractivity (Wildman–Crippen MR) is 131 cm³/mol. The number of carbonyl (C=O) groups is 2. The maximum Gasteiger partial charge on any atom is 0.586 e. The molecule has 1 amide bonds. The van der Waals surface area contributed by atoms with Crippen LogP contribution in [-0.2, 0) is 15.0 Å². The van der Waals surface area contributed by atoms with E-state index in [1.807, 2.05) is 35.2 Å². The summed E-state index contributed by atoms with van der Waals surface area (Å²) in [6.07, 6.45) is -3.78. The van der Waals surface area contributed by atoms with Crippen LogP contribution in [0.1, 0.15) is 24.0 Å². The molecule has 2 N–H and O–H groups in total. The van der Waals surface area contributed by atoms with E-state index in [0.29, 0.717) is 17.9 Å². The van der Waals surface area contributed by atoms with Crippen molar-refractivity contribution in [3.8, 4) is 17.2 Å². The standard InChI is InChI=1S/C27H23F2N3O6/c1-26(14-36-19-11-21-20(10-18(19)26)37-27(28,29)38-21)25(35)31-22-8-5-9-23(30-22)32-12-16(17(13-32)24(33)34)15-6-3-2-4-7-15/h2-11,16-17H,12-14H2,1H3,(H,33,34)(H,30,31,35)/t16-,17+,26+/m1/s1. The summed E-state index contributed by atoms with van der Waals surface area (Å²) in [5.74, 6) is -1.41. The molecule has 3 atom stereocenters. The van der Waals surface area contributed by atoms with Crippen LogP contribution in [0.3, 0.4) is 0 Å². The van der Waals surface area contributed by atoms with Crippen molar-refractivity contribution in [2.75, 3.05) is 29.9 Å². The van der Waals surface area contributed by atoms with Gasteiger partial charge in [-0.05, 0) is 30.7 Å². The van der Waals surface area contributed by atoms with Crippen LogP contribution in [0.5, 0.6) is 17.2 Å². The minimum absolute atomic E-state index is 0.0156. The topological polar surface area (TPSA) is 110 Å². The lowest BCUT2D eigenvalue weighted by atomic mass is 9.83. The number of alkyl halides is 2. The molecule has 0 saturated carbocycles. The summed E-state index contributed by atoms with van der Waals surface area (Å²) >= 11 is 0. The number of ether oxygens (including phenoxy) is 3. The summed E-state index contributed by atoms with van der Waals surface area (Å²) in [7, 11) is 0. The van der Waals surface area contributed by atoms with Gasteiger partial charge in [-0.15, -0.1) is 8.78 Å². The van der Waals surface area contributed by atoms with E-state index in [1.54, 1.807) is 25.1 Å². The van der Waals surface area contributed by atoms with Gasteiger partial charge in [0.2, 0.25) is 5.91 Å². The van der Waals surface area contributed by atoms with Crippen LogP contribution in [0, 0.1) is 5.92 Å². The van der Waals surface area contributed by atoms with E-state index >= 15 is 0 Å². The van der Waals surface area contributed by atoms with E-state index in [9.17, 15) is 23.5 Å². The number of benzene rings is 2. The number of fused-ring (bicyclic) bond motifs is 2. The van der Waals surface area contributed by atoms with Gasteiger partial charge in [0, 0.05) is 30.6 Å². The van der Waals surface area contributed by atoms with Crippen LogP contribution >= 0.6 is 0 Å². The lowest BCUT2D eigenvalue weighted by molar-refractivity contribution is -0.286. The second-order valence-electron chi connectivity index (χ2n) is 9.79. The Hall–Kier alpha value is -4.41. The molecule has 3 aliphatic heterocycles. The number of amides is 1. The highest BCUT2D eigenvalue weighted by molar-refractivity contribution is 5.99. The number of anilines is 2. The van der Waals surface area contributed by atoms with Crippen molar-refractivity contribution < 1.29 is 37.7 Å². The van der Waals surface area contributed by atoms with Crippen molar-refractivity contribution in [3.05, 3.63) is 71.8 Å². The summed E-state index contributed by atoms with van der Waals surface area (Å²) in [5.41, 5.74) is 0.128. The Morgan fingerprint density at radius 1 is 1.03 bits per heavy atom. The highest BCUT2D eigenvalue weighted by atomic mass is 19.3. The lowest BCUT2D eigenvalue weighted by Gasteiger charge is -2.22. The zero-order valence-electron chi connectivity index (χ0n) is 20.2. The van der Waals surface area contributed by atoms with Crippen molar-refractivity contribution in [2.24, 2.45) is 5.92 Å². The summed E-state index contributed by atoms with van der Waals surface area (Å²) in [5, 5.41) is 12.6. The van der Waals surface area contributed by atoms with Crippen LogP contribution in [0.4, 0.5) is 20.4 Å². The largest absolute Gasteiger partial charge is 0.586 e. The van der Waals surface area contributed by atoms with E-state index in [2.05, 4.69) is 19.8 Å². The molecule has 11 heteroatoms. The Kier molecular flexibility index (Phi) is 5.41. The van der Waals surface area contributed by atoms with Gasteiger partial charge >= 0.3 is 12.3 Å². The Morgan fingerprint density at radius 3 is 2.50 bits per heavy atom. The van der Waals surface area contributed by atoms with E-state index in [4.69, 9.17) is 4.74 Å². The second-order valence-corrected chi connectivity index (χ2v) is 9.79. The van der Waals surface area contributed by atoms with Gasteiger partial charge in [0.25, 0.3) is 0 Å². The summed E-state index contributed by atoms with van der Waals surface area (Å²) in [4.78, 5) is 31.8. The number of aromatic nitrogens is 1. The van der Waals surface area contributed by atoms with Gasteiger partial charge in [0.1, 0.15) is 29.4 Å². The summed E-state index contributed by atoms with van der Waals surface area (Å²) < 4.78 is 41.7. The van der Waals surface area contributed by atoms with Crippen LogP contribution in [0.25, 0.3) is 0 Å². The average Bonchev–Trinajstić information content (AvgIpc) is 3.56. The molecule has 0 bridgehead atoms. The maximum atomic E-state index is 13.5. The molecule has 196 valence electrons. The van der Waals surface area contributed by atoms with Crippen molar-refractivity contribution in [1.82, 2.24) is 4.98 Å². The molecule has 9 nitrogen and oxygen atoms in total. The number of nitrogens with one attached hydrogen (secondary N) is 1. The number of nitrogens with zero attached hydrogens (tertiary/aromatic N) is 2. The van der Waals surface area contributed by atoms with Gasteiger partial charge in [0.15, 0.2) is 11.5 Å². The normalized spacial score (nSPS) is 24.6. The third-order valence-electron chi connectivity index (χ3n) is 7.28. The quantitative estimate of drug-likeness (QED) is 0.517. The molecule has 0 spiro atoms. The van der Waals surface area contributed by atoms with Crippen LogP contribution in [0.2, 0.25) is 0 Å². The monoisotopic (exact) mass is 523 g/mol. The molecular formula is C27H23F2N3O6. The van der Waals surface area contributed by atoms with Crippen LogP contribution < -0.4 is 24.4 Å². The predicted octanol–water partition coefficient (Wildman–Crippen LogP) is 4.00. The van der Waals surface area contributed by atoms with Gasteiger partial charge in [0.05, 0.1) is 5.92 Å². The number of carboxylic acids is 1. The third kappa shape index (κ3) is 4.04. The van der Waals surface area contributed by atoms with Crippen molar-refractivity contribution in [2.45, 2.75) is 24.6 Å². The van der Waals surface area contributed by atoms with Crippen molar-refractivity contribution in [1.29, 1.82) is 0 Å². The minimum Gasteiger partial charge on any atom is -0.492 e. The van der Waals surface area contributed by atoms with Gasteiger partial charge < -0.3 is 29.5 Å². The molecule has 4 heterocycles. The number of hydrogen-bond acceptors (Lipinski definition) is 7. The Labute approximate surface area is 215 Å². The SMILES string of the molecule is C[C@]1(C(=O)Nc2cccc(N3C[C@H](C(=O)O)[C@@H](c4ccccc4)C3)n2)COc2cc3c(cc21)OC(F)(F)O3. The lowest BCUT2D eigenvalue weighted by Crippen LogP contribution is -2.39. The zero-order chi connectivity index (χ0) is 26.7. The van der Waals surface area contributed by atoms with Crippen molar-refractivity contribution in [3.63, 3.8) is 0 Å². The molecule has 1 fully saturated rings. The van der Waals surface area contributed by atoms with Gasteiger partial charge in [-0.2, -0.15) is 0 Å². The molecule has 3 aliphatic rings. The number of halogens is 2. The number of rotatable bonds is 5. The van der Waals surface area contributed by atoms with Gasteiger partial charge in [-0.1, -0.05) is 36.4 Å². The third-order valence-corrected chi connectivity index (χ3v) is 7.28. The summed E-state index contributed by atoms with van der Waals surface area (Å²) in [6, 6.07) is 17.2. The molecule has 2 aromatic carbocycles. The first-order chi connectivity index (χ1) is 18.1. The fraction of sp³-hybridized carbons (Fsp3) is 0.296. The molecule has 1 aromatic heterocycles. The smallest absolute Gasteiger partial charge is 0.492 e. The first-order valence-corrected chi connectivity index (χ1v) is 12.0. The molecule has 1 saturated heterocycles. The second kappa shape index (κ2) is 8.57. The van der Waals surface area contributed by atoms with E-state index in [-0.39, 0.29) is 42.1 Å². The Balaban J connectivity index is 1.22. The first-order valence-electron chi connectivity index (χ1n) is 12.0. The van der Waals surface area contributed by atoms with Gasteiger partial charge in [-0.25, -0.2) is 4.98 Å². The number of hydrogen-bond donors (Lipinski definition) is 2. The fourth-order valence-electron chi connectivity index (χ4n) is 5.22.